The minimum Gasteiger partial charge on any atom is -0.356 e. The smallest absolute Gasteiger partial charge is 0.221 e. The zero-order valence-electron chi connectivity index (χ0n) is 16.9. The Morgan fingerprint density at radius 2 is 1.44 bits per heavy atom. The van der Waals surface area contributed by atoms with Gasteiger partial charge in [-0.1, -0.05) is 13.8 Å². The molecule has 0 aliphatic heterocycles. The van der Waals surface area contributed by atoms with Crippen molar-refractivity contribution in [2.24, 2.45) is 11.8 Å². The van der Waals surface area contributed by atoms with Gasteiger partial charge in [-0.15, -0.1) is 0 Å². The molecule has 3 N–H and O–H groups in total. The highest BCUT2D eigenvalue weighted by atomic mass is 16.2. The van der Waals surface area contributed by atoms with E-state index in [4.69, 9.17) is 0 Å². The van der Waals surface area contributed by atoms with Gasteiger partial charge in [-0.2, -0.15) is 0 Å². The molecule has 154 valence electrons. The molecule has 1 saturated carbocycles. The average Bonchev–Trinajstić information content (AvgIpc) is 2.60. The lowest BCUT2D eigenvalue weighted by Gasteiger charge is -2.27. The number of amides is 3. The van der Waals surface area contributed by atoms with Gasteiger partial charge in [0, 0.05) is 44.3 Å². The van der Waals surface area contributed by atoms with Crippen molar-refractivity contribution >= 4 is 23.5 Å². The van der Waals surface area contributed by atoms with Crippen molar-refractivity contribution < 1.29 is 19.2 Å². The lowest BCUT2D eigenvalue weighted by Crippen LogP contribution is -2.38. The summed E-state index contributed by atoms with van der Waals surface area (Å²) >= 11 is 0. The molecule has 0 bridgehead atoms. The van der Waals surface area contributed by atoms with E-state index in [0.717, 1.165) is 25.7 Å². The Labute approximate surface area is 162 Å². The molecule has 1 rings (SSSR count). The van der Waals surface area contributed by atoms with Crippen molar-refractivity contribution in [2.45, 2.75) is 78.2 Å². The van der Waals surface area contributed by atoms with E-state index in [1.807, 2.05) is 13.8 Å². The zero-order valence-corrected chi connectivity index (χ0v) is 16.9. The summed E-state index contributed by atoms with van der Waals surface area (Å²) in [6, 6.07) is 0.145. The fourth-order valence-electron chi connectivity index (χ4n) is 3.16. The molecule has 0 spiro atoms. The van der Waals surface area contributed by atoms with Crippen LogP contribution in [0.5, 0.6) is 0 Å². The number of carbonyl (C=O) groups is 4. The molecular weight excluding hydrogens is 346 g/mol. The van der Waals surface area contributed by atoms with Gasteiger partial charge < -0.3 is 16.0 Å². The van der Waals surface area contributed by atoms with E-state index < -0.39 is 0 Å². The first-order valence-electron chi connectivity index (χ1n) is 10.1. The van der Waals surface area contributed by atoms with Crippen LogP contribution in [0.15, 0.2) is 0 Å². The molecule has 0 aromatic carbocycles. The Bertz CT molecular complexity index is 511. The van der Waals surface area contributed by atoms with Gasteiger partial charge in [0.15, 0.2) is 0 Å². The fraction of sp³-hybridized carbons (Fsp3) is 0.800. The molecule has 0 unspecified atom stereocenters. The molecule has 27 heavy (non-hydrogen) atoms. The van der Waals surface area contributed by atoms with E-state index in [9.17, 15) is 19.2 Å². The molecule has 0 aromatic heterocycles. The monoisotopic (exact) mass is 381 g/mol. The normalized spacial score (nSPS) is 19.4. The van der Waals surface area contributed by atoms with E-state index in [2.05, 4.69) is 16.0 Å². The molecule has 0 atom stereocenters. The van der Waals surface area contributed by atoms with Gasteiger partial charge in [0.05, 0.1) is 0 Å². The summed E-state index contributed by atoms with van der Waals surface area (Å²) in [5, 5.41) is 8.51. The van der Waals surface area contributed by atoms with Crippen molar-refractivity contribution in [3.05, 3.63) is 0 Å². The number of rotatable bonds is 11. The van der Waals surface area contributed by atoms with Crippen molar-refractivity contribution in [3.8, 4) is 0 Å². The van der Waals surface area contributed by atoms with Crippen LogP contribution in [-0.2, 0) is 19.2 Å². The first-order chi connectivity index (χ1) is 12.8. The Balaban J connectivity index is 2.06. The average molecular weight is 382 g/mol. The molecule has 1 aliphatic rings. The van der Waals surface area contributed by atoms with E-state index in [-0.39, 0.29) is 48.3 Å². The van der Waals surface area contributed by atoms with Gasteiger partial charge in [-0.25, -0.2) is 0 Å². The summed E-state index contributed by atoms with van der Waals surface area (Å²) in [7, 11) is 0. The van der Waals surface area contributed by atoms with E-state index in [1.54, 1.807) is 6.92 Å². The predicted molar refractivity (Wildman–Crippen MR) is 104 cm³/mol. The van der Waals surface area contributed by atoms with Crippen LogP contribution in [0.1, 0.15) is 72.1 Å². The van der Waals surface area contributed by atoms with Crippen LogP contribution in [0.25, 0.3) is 0 Å². The summed E-state index contributed by atoms with van der Waals surface area (Å²) in [4.78, 5) is 46.6. The number of hydrogen-bond acceptors (Lipinski definition) is 4. The van der Waals surface area contributed by atoms with E-state index in [0.29, 0.717) is 31.8 Å². The van der Waals surface area contributed by atoms with Crippen LogP contribution in [-0.4, -0.2) is 42.6 Å². The first-order valence-corrected chi connectivity index (χ1v) is 10.1. The SMILES string of the molecule is CC(=O)C1CCC(NC(=O)CCCC(=O)NCCC(=O)NCC(C)C)CC1. The Morgan fingerprint density at radius 3 is 2.04 bits per heavy atom. The first kappa shape index (κ1) is 23.1. The fourth-order valence-corrected chi connectivity index (χ4v) is 3.16. The minimum absolute atomic E-state index is 0.0397. The highest BCUT2D eigenvalue weighted by molar-refractivity contribution is 5.80. The number of Topliss-reactive ketones (excluding diaryl/α,β-unsaturated/α-hetero) is 1. The van der Waals surface area contributed by atoms with Crippen LogP contribution in [0, 0.1) is 11.8 Å². The molecule has 0 radical (unpaired) electrons. The lowest BCUT2D eigenvalue weighted by atomic mass is 9.84. The Hall–Kier alpha value is -1.92. The largest absolute Gasteiger partial charge is 0.356 e. The second-order valence-electron chi connectivity index (χ2n) is 7.88. The Morgan fingerprint density at radius 1 is 0.852 bits per heavy atom. The van der Waals surface area contributed by atoms with Crippen molar-refractivity contribution in [1.82, 2.24) is 16.0 Å². The molecule has 7 nitrogen and oxygen atoms in total. The second kappa shape index (κ2) is 12.5. The summed E-state index contributed by atoms with van der Waals surface area (Å²) in [6.07, 6.45) is 4.71. The molecule has 1 aliphatic carbocycles. The van der Waals surface area contributed by atoms with E-state index in [1.165, 1.54) is 0 Å². The van der Waals surface area contributed by atoms with Gasteiger partial charge in [-0.05, 0) is 44.9 Å². The second-order valence-corrected chi connectivity index (χ2v) is 7.88. The van der Waals surface area contributed by atoms with Gasteiger partial charge in [0.2, 0.25) is 17.7 Å². The molecule has 1 fully saturated rings. The van der Waals surface area contributed by atoms with Gasteiger partial charge in [0.25, 0.3) is 0 Å². The highest BCUT2D eigenvalue weighted by Crippen LogP contribution is 2.24. The summed E-state index contributed by atoms with van der Waals surface area (Å²) in [6.45, 7) is 6.63. The van der Waals surface area contributed by atoms with Gasteiger partial charge >= 0.3 is 0 Å². The summed E-state index contributed by atoms with van der Waals surface area (Å²) < 4.78 is 0. The number of hydrogen-bond donors (Lipinski definition) is 3. The molecular formula is C20H35N3O4. The Kier molecular flexibility index (Phi) is 10.7. The molecule has 0 saturated heterocycles. The van der Waals surface area contributed by atoms with Gasteiger partial charge in [-0.3, -0.25) is 19.2 Å². The summed E-state index contributed by atoms with van der Waals surface area (Å²) in [5.41, 5.74) is 0. The van der Waals surface area contributed by atoms with Crippen LogP contribution in [0.3, 0.4) is 0 Å². The molecule has 0 aromatic rings. The number of ketones is 1. The maximum absolute atomic E-state index is 12.0. The van der Waals surface area contributed by atoms with Crippen molar-refractivity contribution in [3.63, 3.8) is 0 Å². The third kappa shape index (κ3) is 10.7. The lowest BCUT2D eigenvalue weighted by molar-refractivity contribution is -0.123. The topological polar surface area (TPSA) is 104 Å². The number of carbonyl (C=O) groups excluding carboxylic acids is 4. The van der Waals surface area contributed by atoms with Crippen molar-refractivity contribution in [2.75, 3.05) is 13.1 Å². The summed E-state index contributed by atoms with van der Waals surface area (Å²) in [5.74, 6) is 0.544. The van der Waals surface area contributed by atoms with Crippen LogP contribution >= 0.6 is 0 Å². The molecule has 0 heterocycles. The molecule has 7 heteroatoms. The maximum atomic E-state index is 12.0. The number of nitrogens with one attached hydrogen (secondary N) is 3. The van der Waals surface area contributed by atoms with Crippen LogP contribution in [0.2, 0.25) is 0 Å². The van der Waals surface area contributed by atoms with E-state index >= 15 is 0 Å². The highest BCUT2D eigenvalue weighted by Gasteiger charge is 2.24. The van der Waals surface area contributed by atoms with Gasteiger partial charge in [0.1, 0.15) is 5.78 Å². The predicted octanol–water partition coefficient (Wildman–Crippen LogP) is 1.70. The van der Waals surface area contributed by atoms with Crippen molar-refractivity contribution in [1.29, 1.82) is 0 Å². The third-order valence-corrected chi connectivity index (χ3v) is 4.86. The quantitative estimate of drug-likeness (QED) is 0.507. The third-order valence-electron chi connectivity index (χ3n) is 4.86. The van der Waals surface area contributed by atoms with Crippen LogP contribution in [0.4, 0.5) is 0 Å². The standard InChI is InChI=1S/C20H35N3O4/c1-14(2)13-22-19(26)11-12-21-18(25)5-4-6-20(27)23-17-9-7-16(8-10-17)15(3)24/h14,16-17H,4-13H2,1-3H3,(H,21,25)(H,22,26)(H,23,27). The minimum atomic E-state index is -0.138. The van der Waals surface area contributed by atoms with Crippen LogP contribution < -0.4 is 16.0 Å². The molecule has 3 amide bonds. The maximum Gasteiger partial charge on any atom is 0.221 e. The zero-order chi connectivity index (χ0) is 20.2.